The molecule has 0 bridgehead atoms. The minimum Gasteiger partial charge on any atom is -0.351 e. The minimum absolute atomic E-state index is 0.336. The van der Waals surface area contributed by atoms with Gasteiger partial charge in [0.05, 0.1) is 17.5 Å². The van der Waals surface area contributed by atoms with Crippen LogP contribution in [0.5, 0.6) is 0 Å². The molecule has 2 unspecified atom stereocenters. The van der Waals surface area contributed by atoms with Crippen molar-refractivity contribution >= 4 is 22.8 Å². The van der Waals surface area contributed by atoms with Crippen LogP contribution in [0.1, 0.15) is 45.4 Å². The molecule has 0 aromatic carbocycles. The molecule has 128 valence electrons. The molecule has 1 amide bonds. The SMILES string of the molecule is CCCCC(=O)N1CCCC2C1CCN2c1ncnc2[nH]ccc12. The lowest BCUT2D eigenvalue weighted by Crippen LogP contribution is -2.52. The van der Waals surface area contributed by atoms with Gasteiger partial charge in [0.15, 0.2) is 0 Å². The van der Waals surface area contributed by atoms with Crippen LogP contribution in [0.2, 0.25) is 0 Å². The van der Waals surface area contributed by atoms with Crippen molar-refractivity contribution in [1.29, 1.82) is 0 Å². The fourth-order valence-electron chi connectivity index (χ4n) is 4.32. The van der Waals surface area contributed by atoms with E-state index in [1.807, 2.05) is 12.3 Å². The van der Waals surface area contributed by atoms with Gasteiger partial charge in [0.25, 0.3) is 0 Å². The van der Waals surface area contributed by atoms with E-state index in [2.05, 4.69) is 31.7 Å². The van der Waals surface area contributed by atoms with Crippen molar-refractivity contribution in [3.8, 4) is 0 Å². The van der Waals surface area contributed by atoms with E-state index in [1.165, 1.54) is 0 Å². The molecule has 4 rings (SSSR count). The van der Waals surface area contributed by atoms with E-state index in [-0.39, 0.29) is 0 Å². The van der Waals surface area contributed by atoms with Crippen molar-refractivity contribution in [3.63, 3.8) is 0 Å². The molecular weight excluding hydrogens is 302 g/mol. The summed E-state index contributed by atoms with van der Waals surface area (Å²) in [6.45, 7) is 4.02. The first kappa shape index (κ1) is 15.4. The van der Waals surface area contributed by atoms with E-state index in [1.54, 1.807) is 6.33 Å². The Morgan fingerprint density at radius 3 is 3.08 bits per heavy atom. The summed E-state index contributed by atoms with van der Waals surface area (Å²) < 4.78 is 0. The molecule has 6 nitrogen and oxygen atoms in total. The molecule has 2 atom stereocenters. The minimum atomic E-state index is 0.336. The molecule has 0 spiro atoms. The van der Waals surface area contributed by atoms with Crippen molar-refractivity contribution < 1.29 is 4.79 Å². The lowest BCUT2D eigenvalue weighted by atomic mass is 9.96. The summed E-state index contributed by atoms with van der Waals surface area (Å²) in [6, 6.07) is 2.77. The first-order chi connectivity index (χ1) is 11.8. The summed E-state index contributed by atoms with van der Waals surface area (Å²) in [6.07, 6.45) is 9.56. The van der Waals surface area contributed by atoms with Gasteiger partial charge in [-0.05, 0) is 31.7 Å². The van der Waals surface area contributed by atoms with Crippen molar-refractivity contribution in [1.82, 2.24) is 19.9 Å². The van der Waals surface area contributed by atoms with Crippen LogP contribution in [0.25, 0.3) is 11.0 Å². The van der Waals surface area contributed by atoms with Gasteiger partial charge in [0.1, 0.15) is 17.8 Å². The third-order valence-corrected chi connectivity index (χ3v) is 5.48. The number of hydrogen-bond acceptors (Lipinski definition) is 4. The highest BCUT2D eigenvalue weighted by Crippen LogP contribution is 2.36. The Kier molecular flexibility index (Phi) is 4.12. The average Bonchev–Trinajstić information content (AvgIpc) is 3.25. The van der Waals surface area contributed by atoms with Gasteiger partial charge in [-0.25, -0.2) is 9.97 Å². The maximum Gasteiger partial charge on any atom is 0.222 e. The number of carbonyl (C=O) groups is 1. The van der Waals surface area contributed by atoms with Crippen LogP contribution in [0.3, 0.4) is 0 Å². The Morgan fingerprint density at radius 1 is 1.29 bits per heavy atom. The van der Waals surface area contributed by atoms with Gasteiger partial charge in [-0.1, -0.05) is 13.3 Å². The van der Waals surface area contributed by atoms with Crippen LogP contribution in [0.15, 0.2) is 18.6 Å². The van der Waals surface area contributed by atoms with Crippen molar-refractivity contribution in [2.45, 2.75) is 57.5 Å². The van der Waals surface area contributed by atoms with E-state index in [9.17, 15) is 4.79 Å². The lowest BCUT2D eigenvalue weighted by molar-refractivity contribution is -0.135. The molecule has 2 aliphatic heterocycles. The van der Waals surface area contributed by atoms with Gasteiger partial charge in [-0.2, -0.15) is 0 Å². The molecular formula is C18H25N5O. The molecule has 2 aliphatic rings. The number of hydrogen-bond donors (Lipinski definition) is 1. The Morgan fingerprint density at radius 2 is 2.21 bits per heavy atom. The highest BCUT2D eigenvalue weighted by molar-refractivity contribution is 5.87. The van der Waals surface area contributed by atoms with Crippen molar-refractivity contribution in [2.24, 2.45) is 0 Å². The second kappa shape index (κ2) is 6.42. The predicted molar refractivity (Wildman–Crippen MR) is 93.9 cm³/mol. The van der Waals surface area contributed by atoms with Crippen LogP contribution in [0.4, 0.5) is 5.82 Å². The second-order valence-electron chi connectivity index (χ2n) is 6.89. The van der Waals surface area contributed by atoms with Crippen LogP contribution in [-0.2, 0) is 4.79 Å². The third kappa shape index (κ3) is 2.54. The maximum absolute atomic E-state index is 12.6. The number of amides is 1. The second-order valence-corrected chi connectivity index (χ2v) is 6.89. The van der Waals surface area contributed by atoms with E-state index >= 15 is 0 Å². The highest BCUT2D eigenvalue weighted by atomic mass is 16.2. The Hall–Kier alpha value is -2.11. The van der Waals surface area contributed by atoms with Crippen molar-refractivity contribution in [3.05, 3.63) is 18.6 Å². The Labute approximate surface area is 142 Å². The van der Waals surface area contributed by atoms with E-state index in [0.717, 1.165) is 62.0 Å². The third-order valence-electron chi connectivity index (χ3n) is 5.48. The number of unbranched alkanes of at least 4 members (excludes halogenated alkanes) is 1. The molecule has 0 saturated carbocycles. The molecule has 2 aromatic heterocycles. The Bertz CT molecular complexity index is 727. The van der Waals surface area contributed by atoms with E-state index in [0.29, 0.717) is 24.4 Å². The summed E-state index contributed by atoms with van der Waals surface area (Å²) >= 11 is 0. The number of H-pyrrole nitrogens is 1. The number of nitrogens with zero attached hydrogens (tertiary/aromatic N) is 4. The van der Waals surface area contributed by atoms with Crippen LogP contribution in [0, 0.1) is 0 Å². The topological polar surface area (TPSA) is 65.1 Å². The summed E-state index contributed by atoms with van der Waals surface area (Å²) in [7, 11) is 0. The van der Waals surface area contributed by atoms with E-state index in [4.69, 9.17) is 0 Å². The largest absolute Gasteiger partial charge is 0.351 e. The van der Waals surface area contributed by atoms with Gasteiger partial charge >= 0.3 is 0 Å². The number of aromatic nitrogens is 3. The number of rotatable bonds is 4. The van der Waals surface area contributed by atoms with Gasteiger partial charge in [0.2, 0.25) is 5.91 Å². The summed E-state index contributed by atoms with van der Waals surface area (Å²) in [4.78, 5) is 29.2. The molecule has 2 saturated heterocycles. The maximum atomic E-state index is 12.6. The zero-order valence-corrected chi connectivity index (χ0v) is 14.2. The fourth-order valence-corrected chi connectivity index (χ4v) is 4.32. The number of fused-ring (bicyclic) bond motifs is 2. The zero-order valence-electron chi connectivity index (χ0n) is 14.2. The van der Waals surface area contributed by atoms with Crippen LogP contribution < -0.4 is 4.90 Å². The molecule has 2 fully saturated rings. The number of aromatic amines is 1. The zero-order chi connectivity index (χ0) is 16.5. The average molecular weight is 327 g/mol. The number of nitrogens with one attached hydrogen (secondary N) is 1. The molecule has 24 heavy (non-hydrogen) atoms. The van der Waals surface area contributed by atoms with Gasteiger partial charge in [0, 0.05) is 25.7 Å². The highest BCUT2D eigenvalue weighted by Gasteiger charge is 2.42. The number of likely N-dealkylation sites (tertiary alicyclic amines) is 1. The number of piperidine rings is 1. The van der Waals surface area contributed by atoms with Gasteiger partial charge in [-0.3, -0.25) is 4.79 Å². The first-order valence-electron chi connectivity index (χ1n) is 9.13. The predicted octanol–water partition coefficient (Wildman–Crippen LogP) is 2.72. The smallest absolute Gasteiger partial charge is 0.222 e. The first-order valence-corrected chi connectivity index (χ1v) is 9.13. The van der Waals surface area contributed by atoms with Crippen molar-refractivity contribution in [2.75, 3.05) is 18.0 Å². The quantitative estimate of drug-likeness (QED) is 0.938. The molecule has 6 heteroatoms. The normalized spacial score (nSPS) is 23.7. The van der Waals surface area contributed by atoms with Crippen LogP contribution >= 0.6 is 0 Å². The summed E-state index contributed by atoms with van der Waals surface area (Å²) in [5.74, 6) is 1.35. The molecule has 0 radical (unpaired) electrons. The summed E-state index contributed by atoms with van der Waals surface area (Å²) in [5, 5.41) is 1.08. The summed E-state index contributed by atoms with van der Waals surface area (Å²) in [5.41, 5.74) is 0.884. The van der Waals surface area contributed by atoms with Gasteiger partial charge in [-0.15, -0.1) is 0 Å². The number of anilines is 1. The molecule has 4 heterocycles. The molecule has 1 N–H and O–H groups in total. The lowest BCUT2D eigenvalue weighted by Gasteiger charge is -2.40. The Balaban J connectivity index is 1.58. The molecule has 0 aliphatic carbocycles. The number of carbonyl (C=O) groups excluding carboxylic acids is 1. The standard InChI is InChI=1S/C18H25N5O/c1-2-3-6-16(24)22-10-4-5-14-15(22)8-11-23(14)18-13-7-9-19-17(13)20-12-21-18/h7,9,12,14-15H,2-6,8,10-11H2,1H3,(H,19,20,21). The molecule has 2 aromatic rings. The monoisotopic (exact) mass is 327 g/mol. The van der Waals surface area contributed by atoms with E-state index < -0.39 is 0 Å². The fraction of sp³-hybridized carbons (Fsp3) is 0.611. The van der Waals surface area contributed by atoms with Crippen LogP contribution in [-0.4, -0.2) is 50.9 Å². The van der Waals surface area contributed by atoms with Gasteiger partial charge < -0.3 is 14.8 Å².